The molecule has 0 aliphatic carbocycles. The van der Waals surface area contributed by atoms with Crippen molar-refractivity contribution in [2.24, 2.45) is 0 Å². The molecular weight excluding hydrogens is 204 g/mol. The van der Waals surface area contributed by atoms with E-state index in [1.807, 2.05) is 20.8 Å². The Kier molecular flexibility index (Phi) is 4.92. The SMILES string of the molecule is CCOc1cncc(C(=O)CNC(C)C)c1. The molecule has 1 aromatic heterocycles. The van der Waals surface area contributed by atoms with Crippen LogP contribution in [0.3, 0.4) is 0 Å². The molecule has 1 heterocycles. The predicted molar refractivity (Wildman–Crippen MR) is 62.9 cm³/mol. The van der Waals surface area contributed by atoms with Crippen molar-refractivity contribution >= 4 is 5.78 Å². The fraction of sp³-hybridized carbons (Fsp3) is 0.500. The van der Waals surface area contributed by atoms with Crippen molar-refractivity contribution in [3.8, 4) is 5.75 Å². The second-order valence-corrected chi connectivity index (χ2v) is 3.80. The van der Waals surface area contributed by atoms with Crippen LogP contribution in [0.1, 0.15) is 31.1 Å². The molecule has 0 atom stereocenters. The van der Waals surface area contributed by atoms with Gasteiger partial charge in [-0.05, 0) is 13.0 Å². The van der Waals surface area contributed by atoms with Crippen LogP contribution in [0.2, 0.25) is 0 Å². The van der Waals surface area contributed by atoms with Crippen LogP contribution in [0.5, 0.6) is 5.75 Å². The molecule has 0 radical (unpaired) electrons. The smallest absolute Gasteiger partial charge is 0.178 e. The lowest BCUT2D eigenvalue weighted by molar-refractivity contribution is 0.0987. The molecule has 0 saturated heterocycles. The van der Waals surface area contributed by atoms with Gasteiger partial charge in [0.15, 0.2) is 5.78 Å². The zero-order valence-electron chi connectivity index (χ0n) is 9.99. The Morgan fingerprint density at radius 3 is 2.88 bits per heavy atom. The number of nitrogens with one attached hydrogen (secondary N) is 1. The van der Waals surface area contributed by atoms with Gasteiger partial charge in [-0.2, -0.15) is 0 Å². The van der Waals surface area contributed by atoms with Crippen molar-refractivity contribution in [2.75, 3.05) is 13.2 Å². The fourth-order valence-electron chi connectivity index (χ4n) is 1.22. The summed E-state index contributed by atoms with van der Waals surface area (Å²) < 4.78 is 5.29. The fourth-order valence-corrected chi connectivity index (χ4v) is 1.22. The molecule has 0 amide bonds. The van der Waals surface area contributed by atoms with Gasteiger partial charge in [0, 0.05) is 17.8 Å². The highest BCUT2D eigenvalue weighted by Gasteiger charge is 2.07. The first-order valence-corrected chi connectivity index (χ1v) is 5.48. The number of carbonyl (C=O) groups is 1. The third-order valence-corrected chi connectivity index (χ3v) is 2.02. The lowest BCUT2D eigenvalue weighted by Crippen LogP contribution is -2.29. The van der Waals surface area contributed by atoms with Gasteiger partial charge in [0.2, 0.25) is 0 Å². The Balaban J connectivity index is 2.64. The van der Waals surface area contributed by atoms with Gasteiger partial charge < -0.3 is 10.1 Å². The first-order valence-electron chi connectivity index (χ1n) is 5.48. The van der Waals surface area contributed by atoms with Gasteiger partial charge in [-0.3, -0.25) is 9.78 Å². The van der Waals surface area contributed by atoms with Gasteiger partial charge in [0.25, 0.3) is 0 Å². The van der Waals surface area contributed by atoms with E-state index in [0.29, 0.717) is 30.5 Å². The quantitative estimate of drug-likeness (QED) is 0.744. The maximum absolute atomic E-state index is 11.7. The van der Waals surface area contributed by atoms with E-state index in [4.69, 9.17) is 4.74 Å². The predicted octanol–water partition coefficient (Wildman–Crippen LogP) is 1.66. The van der Waals surface area contributed by atoms with Gasteiger partial charge in [0.05, 0.1) is 19.3 Å². The molecule has 0 bridgehead atoms. The zero-order valence-corrected chi connectivity index (χ0v) is 9.99. The minimum absolute atomic E-state index is 0.0303. The van der Waals surface area contributed by atoms with Crippen LogP contribution in [0.4, 0.5) is 0 Å². The number of Topliss-reactive ketones (excluding diaryl/α,β-unsaturated/α-hetero) is 1. The molecule has 1 rings (SSSR count). The number of carbonyl (C=O) groups excluding carboxylic acids is 1. The average molecular weight is 222 g/mol. The first kappa shape index (κ1) is 12.6. The second-order valence-electron chi connectivity index (χ2n) is 3.80. The van der Waals surface area contributed by atoms with Gasteiger partial charge in [-0.25, -0.2) is 0 Å². The summed E-state index contributed by atoms with van der Waals surface area (Å²) in [5, 5.41) is 3.08. The molecule has 0 aromatic carbocycles. The summed E-state index contributed by atoms with van der Waals surface area (Å²) in [5.41, 5.74) is 0.583. The van der Waals surface area contributed by atoms with E-state index in [-0.39, 0.29) is 5.78 Å². The zero-order chi connectivity index (χ0) is 12.0. The van der Waals surface area contributed by atoms with Crippen molar-refractivity contribution in [3.05, 3.63) is 24.0 Å². The minimum atomic E-state index is 0.0303. The van der Waals surface area contributed by atoms with Crippen molar-refractivity contribution in [2.45, 2.75) is 26.8 Å². The molecule has 0 aliphatic heterocycles. The van der Waals surface area contributed by atoms with E-state index in [9.17, 15) is 4.79 Å². The molecule has 0 aliphatic rings. The van der Waals surface area contributed by atoms with Gasteiger partial charge >= 0.3 is 0 Å². The number of nitrogens with zero attached hydrogens (tertiary/aromatic N) is 1. The van der Waals surface area contributed by atoms with Crippen molar-refractivity contribution in [1.29, 1.82) is 0 Å². The van der Waals surface area contributed by atoms with E-state index in [0.717, 1.165) is 0 Å². The summed E-state index contributed by atoms with van der Waals surface area (Å²) in [6.07, 6.45) is 3.17. The van der Waals surface area contributed by atoms with E-state index < -0.39 is 0 Å². The number of aromatic nitrogens is 1. The van der Waals surface area contributed by atoms with Gasteiger partial charge in [-0.1, -0.05) is 13.8 Å². The highest BCUT2D eigenvalue weighted by atomic mass is 16.5. The Hall–Kier alpha value is -1.42. The number of ether oxygens (including phenoxy) is 1. The summed E-state index contributed by atoms with van der Waals surface area (Å²) in [6, 6.07) is 2.02. The maximum Gasteiger partial charge on any atom is 0.178 e. The van der Waals surface area contributed by atoms with E-state index in [1.165, 1.54) is 0 Å². The highest BCUT2D eigenvalue weighted by Crippen LogP contribution is 2.11. The molecule has 0 spiro atoms. The first-order chi connectivity index (χ1) is 7.63. The van der Waals surface area contributed by atoms with Crippen molar-refractivity contribution < 1.29 is 9.53 Å². The van der Waals surface area contributed by atoms with Crippen LogP contribution >= 0.6 is 0 Å². The van der Waals surface area contributed by atoms with E-state index in [1.54, 1.807) is 18.5 Å². The van der Waals surface area contributed by atoms with Crippen LogP contribution < -0.4 is 10.1 Å². The molecule has 0 saturated carbocycles. The van der Waals surface area contributed by atoms with Crippen LogP contribution in [0, 0.1) is 0 Å². The normalized spacial score (nSPS) is 10.5. The third kappa shape index (κ3) is 3.98. The molecule has 0 fully saturated rings. The highest BCUT2D eigenvalue weighted by molar-refractivity contribution is 5.97. The maximum atomic E-state index is 11.7. The molecule has 4 nitrogen and oxygen atoms in total. The molecule has 1 aromatic rings. The third-order valence-electron chi connectivity index (χ3n) is 2.02. The summed E-state index contributed by atoms with van der Waals surface area (Å²) >= 11 is 0. The standard InChI is InChI=1S/C12H18N2O2/c1-4-16-11-5-10(6-13-7-11)12(15)8-14-9(2)3/h5-7,9,14H,4,8H2,1-3H3. The topological polar surface area (TPSA) is 51.2 Å². The molecule has 4 heteroatoms. The summed E-state index contributed by atoms with van der Waals surface area (Å²) in [5.74, 6) is 0.667. The number of hydrogen-bond donors (Lipinski definition) is 1. The number of pyridine rings is 1. The summed E-state index contributed by atoms with van der Waals surface area (Å²) in [4.78, 5) is 15.7. The van der Waals surface area contributed by atoms with Gasteiger partial charge in [0.1, 0.15) is 5.75 Å². The van der Waals surface area contributed by atoms with Crippen molar-refractivity contribution in [3.63, 3.8) is 0 Å². The number of rotatable bonds is 6. The summed E-state index contributed by atoms with van der Waals surface area (Å²) in [7, 11) is 0. The lowest BCUT2D eigenvalue weighted by atomic mass is 10.2. The lowest BCUT2D eigenvalue weighted by Gasteiger charge is -2.08. The van der Waals surface area contributed by atoms with Gasteiger partial charge in [-0.15, -0.1) is 0 Å². The largest absolute Gasteiger partial charge is 0.492 e. The molecular formula is C12H18N2O2. The Morgan fingerprint density at radius 1 is 1.50 bits per heavy atom. The molecule has 16 heavy (non-hydrogen) atoms. The minimum Gasteiger partial charge on any atom is -0.492 e. The Labute approximate surface area is 96.0 Å². The Bertz CT molecular complexity index is 351. The van der Waals surface area contributed by atoms with E-state index >= 15 is 0 Å². The Morgan fingerprint density at radius 2 is 2.25 bits per heavy atom. The molecule has 0 unspecified atom stereocenters. The van der Waals surface area contributed by atoms with Crippen LogP contribution in [-0.4, -0.2) is 30.0 Å². The van der Waals surface area contributed by atoms with Crippen LogP contribution in [0.15, 0.2) is 18.5 Å². The number of ketones is 1. The monoisotopic (exact) mass is 222 g/mol. The van der Waals surface area contributed by atoms with Crippen LogP contribution in [0.25, 0.3) is 0 Å². The molecule has 88 valence electrons. The number of hydrogen-bond acceptors (Lipinski definition) is 4. The van der Waals surface area contributed by atoms with E-state index in [2.05, 4.69) is 10.3 Å². The average Bonchev–Trinajstić information content (AvgIpc) is 2.26. The van der Waals surface area contributed by atoms with Crippen molar-refractivity contribution in [1.82, 2.24) is 10.3 Å². The second kappa shape index (κ2) is 6.23. The van der Waals surface area contributed by atoms with Crippen LogP contribution in [-0.2, 0) is 0 Å². The molecule has 1 N–H and O–H groups in total. The summed E-state index contributed by atoms with van der Waals surface area (Å²) in [6.45, 7) is 6.80.